The van der Waals surface area contributed by atoms with Crippen molar-refractivity contribution >= 4 is 0 Å². The summed E-state index contributed by atoms with van der Waals surface area (Å²) in [5.74, 6) is 0. The van der Waals surface area contributed by atoms with E-state index in [1.54, 1.807) is 0 Å². The molecule has 2 heteroatoms. The third kappa shape index (κ3) is 2.33. The number of hydrogen-bond donors (Lipinski definition) is 0. The summed E-state index contributed by atoms with van der Waals surface area (Å²) in [6, 6.07) is 0. The Bertz CT molecular complexity index is 64.6. The van der Waals surface area contributed by atoms with Gasteiger partial charge in [0.05, 0.1) is 25.9 Å². The van der Waals surface area contributed by atoms with Crippen LogP contribution in [0.2, 0.25) is 0 Å². The standard InChI is InChI=1S/C7H14O2/c1-2-3-7-6-8-4-5-9-7/h7H,2-6H2,1H3/t7-/m0/s1. The van der Waals surface area contributed by atoms with Gasteiger partial charge in [-0.1, -0.05) is 13.3 Å². The maximum atomic E-state index is 5.39. The second-order valence-electron chi connectivity index (χ2n) is 2.36. The monoisotopic (exact) mass is 130 g/mol. The molecule has 0 aromatic rings. The summed E-state index contributed by atoms with van der Waals surface area (Å²) < 4.78 is 10.6. The Hall–Kier alpha value is -0.0800. The van der Waals surface area contributed by atoms with Gasteiger partial charge in [-0.15, -0.1) is 0 Å². The molecule has 1 atom stereocenters. The average Bonchev–Trinajstić information content (AvgIpc) is 1.91. The Balaban J connectivity index is 2.08. The van der Waals surface area contributed by atoms with Gasteiger partial charge in [-0.3, -0.25) is 0 Å². The van der Waals surface area contributed by atoms with Crippen molar-refractivity contribution in [3.8, 4) is 0 Å². The van der Waals surface area contributed by atoms with Crippen LogP contribution >= 0.6 is 0 Å². The molecule has 0 radical (unpaired) electrons. The number of ether oxygens (including phenoxy) is 2. The van der Waals surface area contributed by atoms with Crippen LogP contribution in [0, 0.1) is 0 Å². The van der Waals surface area contributed by atoms with E-state index >= 15 is 0 Å². The minimum Gasteiger partial charge on any atom is -0.376 e. The summed E-state index contributed by atoms with van der Waals surface area (Å²) in [5.41, 5.74) is 0. The molecule has 54 valence electrons. The summed E-state index contributed by atoms with van der Waals surface area (Å²) in [5, 5.41) is 0. The Morgan fingerprint density at radius 3 is 2.89 bits per heavy atom. The van der Waals surface area contributed by atoms with E-state index in [0.29, 0.717) is 6.10 Å². The Kier molecular flexibility index (Phi) is 3.01. The lowest BCUT2D eigenvalue weighted by molar-refractivity contribution is -0.0906. The Labute approximate surface area is 56.2 Å². The maximum absolute atomic E-state index is 5.39. The Morgan fingerprint density at radius 1 is 1.44 bits per heavy atom. The van der Waals surface area contributed by atoms with Crippen LogP contribution in [0.4, 0.5) is 0 Å². The molecule has 9 heavy (non-hydrogen) atoms. The van der Waals surface area contributed by atoms with Crippen molar-refractivity contribution in [2.75, 3.05) is 19.8 Å². The van der Waals surface area contributed by atoms with E-state index in [2.05, 4.69) is 6.92 Å². The fraction of sp³-hybridized carbons (Fsp3) is 1.00. The molecule has 1 saturated heterocycles. The van der Waals surface area contributed by atoms with Crippen LogP contribution in [-0.4, -0.2) is 25.9 Å². The van der Waals surface area contributed by atoms with Gasteiger partial charge in [0.1, 0.15) is 0 Å². The highest BCUT2D eigenvalue weighted by Gasteiger charge is 2.11. The van der Waals surface area contributed by atoms with Gasteiger partial charge >= 0.3 is 0 Å². The van der Waals surface area contributed by atoms with E-state index in [-0.39, 0.29) is 0 Å². The molecule has 0 spiro atoms. The van der Waals surface area contributed by atoms with Crippen LogP contribution in [0.5, 0.6) is 0 Å². The second kappa shape index (κ2) is 3.85. The molecule has 2 nitrogen and oxygen atoms in total. The first-order valence-corrected chi connectivity index (χ1v) is 3.63. The van der Waals surface area contributed by atoms with E-state index in [0.717, 1.165) is 26.2 Å². The van der Waals surface area contributed by atoms with E-state index in [9.17, 15) is 0 Å². The molecule has 0 amide bonds. The fourth-order valence-electron chi connectivity index (χ4n) is 1.03. The van der Waals surface area contributed by atoms with Gasteiger partial charge in [0.15, 0.2) is 0 Å². The molecule has 0 bridgehead atoms. The lowest BCUT2D eigenvalue weighted by atomic mass is 10.2. The number of hydrogen-bond acceptors (Lipinski definition) is 2. The summed E-state index contributed by atoms with van der Waals surface area (Å²) in [7, 11) is 0. The van der Waals surface area contributed by atoms with Crippen LogP contribution in [0.15, 0.2) is 0 Å². The topological polar surface area (TPSA) is 18.5 Å². The van der Waals surface area contributed by atoms with E-state index in [1.807, 2.05) is 0 Å². The average molecular weight is 130 g/mol. The van der Waals surface area contributed by atoms with Crippen molar-refractivity contribution in [3.63, 3.8) is 0 Å². The van der Waals surface area contributed by atoms with Gasteiger partial charge in [0.25, 0.3) is 0 Å². The molecule has 0 saturated carbocycles. The van der Waals surface area contributed by atoms with Gasteiger partial charge < -0.3 is 9.47 Å². The van der Waals surface area contributed by atoms with Gasteiger partial charge in [0, 0.05) is 0 Å². The predicted octanol–water partition coefficient (Wildman–Crippen LogP) is 1.20. The quantitative estimate of drug-likeness (QED) is 0.559. The van der Waals surface area contributed by atoms with E-state index < -0.39 is 0 Å². The SMILES string of the molecule is CCC[C@H]1COCCO1. The van der Waals surface area contributed by atoms with Gasteiger partial charge in [0.2, 0.25) is 0 Å². The highest BCUT2D eigenvalue weighted by molar-refractivity contribution is 4.58. The van der Waals surface area contributed by atoms with Crippen molar-refractivity contribution in [1.82, 2.24) is 0 Å². The largest absolute Gasteiger partial charge is 0.376 e. The Morgan fingerprint density at radius 2 is 2.33 bits per heavy atom. The highest BCUT2D eigenvalue weighted by atomic mass is 16.6. The fourth-order valence-corrected chi connectivity index (χ4v) is 1.03. The van der Waals surface area contributed by atoms with E-state index in [1.165, 1.54) is 6.42 Å². The first-order valence-electron chi connectivity index (χ1n) is 3.63. The van der Waals surface area contributed by atoms with Gasteiger partial charge in [-0.05, 0) is 6.42 Å². The smallest absolute Gasteiger partial charge is 0.0809 e. The summed E-state index contributed by atoms with van der Waals surface area (Å²) in [6.45, 7) is 4.52. The third-order valence-electron chi connectivity index (χ3n) is 1.50. The minimum atomic E-state index is 0.378. The molecule has 0 aliphatic carbocycles. The first-order chi connectivity index (χ1) is 4.43. The molecular formula is C7H14O2. The molecule has 1 aliphatic heterocycles. The van der Waals surface area contributed by atoms with Crippen LogP contribution in [0.3, 0.4) is 0 Å². The van der Waals surface area contributed by atoms with Crippen LogP contribution in [0.1, 0.15) is 19.8 Å². The summed E-state index contributed by atoms with van der Waals surface area (Å²) >= 11 is 0. The zero-order valence-electron chi connectivity index (χ0n) is 5.93. The second-order valence-corrected chi connectivity index (χ2v) is 2.36. The normalized spacial score (nSPS) is 28.3. The molecule has 0 aromatic carbocycles. The van der Waals surface area contributed by atoms with Crippen LogP contribution < -0.4 is 0 Å². The zero-order chi connectivity index (χ0) is 6.53. The van der Waals surface area contributed by atoms with Gasteiger partial charge in [-0.2, -0.15) is 0 Å². The minimum absolute atomic E-state index is 0.378. The number of rotatable bonds is 2. The molecule has 0 unspecified atom stereocenters. The van der Waals surface area contributed by atoms with Crippen molar-refractivity contribution in [3.05, 3.63) is 0 Å². The van der Waals surface area contributed by atoms with Crippen molar-refractivity contribution in [2.24, 2.45) is 0 Å². The zero-order valence-corrected chi connectivity index (χ0v) is 5.93. The molecule has 1 aliphatic rings. The lowest BCUT2D eigenvalue weighted by Gasteiger charge is -2.21. The molecule has 1 heterocycles. The molecular weight excluding hydrogens is 116 g/mol. The maximum Gasteiger partial charge on any atom is 0.0809 e. The van der Waals surface area contributed by atoms with Crippen molar-refractivity contribution in [2.45, 2.75) is 25.9 Å². The molecule has 1 fully saturated rings. The molecule has 0 aromatic heterocycles. The molecule has 0 N–H and O–H groups in total. The third-order valence-corrected chi connectivity index (χ3v) is 1.50. The lowest BCUT2D eigenvalue weighted by Crippen LogP contribution is -2.28. The first kappa shape index (κ1) is 7.03. The summed E-state index contributed by atoms with van der Waals surface area (Å²) in [6.07, 6.45) is 2.71. The van der Waals surface area contributed by atoms with Crippen LogP contribution in [0.25, 0.3) is 0 Å². The van der Waals surface area contributed by atoms with Crippen molar-refractivity contribution < 1.29 is 9.47 Å². The summed E-state index contributed by atoms with van der Waals surface area (Å²) in [4.78, 5) is 0. The van der Waals surface area contributed by atoms with Crippen LogP contribution in [-0.2, 0) is 9.47 Å². The molecule has 1 rings (SSSR count). The van der Waals surface area contributed by atoms with Gasteiger partial charge in [-0.25, -0.2) is 0 Å². The van der Waals surface area contributed by atoms with E-state index in [4.69, 9.17) is 9.47 Å². The van der Waals surface area contributed by atoms with Crippen molar-refractivity contribution in [1.29, 1.82) is 0 Å². The predicted molar refractivity (Wildman–Crippen MR) is 35.5 cm³/mol. The highest BCUT2D eigenvalue weighted by Crippen LogP contribution is 2.06.